The number of fused-ring (bicyclic) bond motifs is 2. The maximum absolute atomic E-state index is 10.5. The van der Waals surface area contributed by atoms with Gasteiger partial charge in [-0.25, -0.2) is 9.78 Å². The molecule has 1 aliphatic carbocycles. The van der Waals surface area contributed by atoms with Crippen LogP contribution in [0.5, 0.6) is 0 Å². The van der Waals surface area contributed by atoms with Gasteiger partial charge in [-0.15, -0.1) is 0 Å². The summed E-state index contributed by atoms with van der Waals surface area (Å²) in [7, 11) is 0. The Morgan fingerprint density at radius 2 is 1.75 bits per heavy atom. The van der Waals surface area contributed by atoms with Crippen molar-refractivity contribution in [2.24, 2.45) is 11.8 Å². The Bertz CT molecular complexity index is 393. The third-order valence-electron chi connectivity index (χ3n) is 5.50. The molecule has 0 aromatic heterocycles. The summed E-state index contributed by atoms with van der Waals surface area (Å²) in [5.74, 6) is 0.535. The molecule has 138 valence electrons. The van der Waals surface area contributed by atoms with E-state index >= 15 is 0 Å². The predicted molar refractivity (Wildman–Crippen MR) is 94.6 cm³/mol. The zero-order valence-electron chi connectivity index (χ0n) is 15.1. The van der Waals surface area contributed by atoms with Crippen LogP contribution in [-0.4, -0.2) is 23.3 Å². The minimum absolute atomic E-state index is 0.285. The van der Waals surface area contributed by atoms with Gasteiger partial charge in [0, 0.05) is 12.8 Å². The summed E-state index contributed by atoms with van der Waals surface area (Å²) in [6.45, 7) is 2.24. The van der Waals surface area contributed by atoms with E-state index in [1.54, 1.807) is 0 Å². The molecule has 24 heavy (non-hydrogen) atoms. The molecule has 2 rings (SSSR count). The molecule has 1 N–H and O–H groups in total. The molecular weight excluding hydrogens is 304 g/mol. The van der Waals surface area contributed by atoms with Crippen LogP contribution >= 0.6 is 0 Å². The maximum atomic E-state index is 10.5. The van der Waals surface area contributed by atoms with E-state index in [4.69, 9.17) is 14.9 Å². The van der Waals surface area contributed by atoms with E-state index in [0.717, 1.165) is 32.1 Å². The van der Waals surface area contributed by atoms with E-state index in [0.29, 0.717) is 18.3 Å². The summed E-state index contributed by atoms with van der Waals surface area (Å²) in [6, 6.07) is 0. The molecule has 0 aromatic rings. The number of carbonyl (C=O) groups is 1. The second-order valence-electron chi connectivity index (χ2n) is 7.38. The number of hydrogen-bond donors (Lipinski definition) is 1. The number of allylic oxidation sites excluding steroid dienone is 2. The van der Waals surface area contributed by atoms with Gasteiger partial charge in [0.25, 0.3) is 0 Å². The van der Waals surface area contributed by atoms with Crippen molar-refractivity contribution >= 4 is 5.97 Å². The molecule has 0 radical (unpaired) electrons. The summed E-state index contributed by atoms with van der Waals surface area (Å²) >= 11 is 0. The lowest BCUT2D eigenvalue weighted by atomic mass is 9.85. The monoisotopic (exact) mass is 338 g/mol. The first kappa shape index (κ1) is 19.5. The zero-order valence-corrected chi connectivity index (χ0v) is 15.1. The Balaban J connectivity index is 1.65. The van der Waals surface area contributed by atoms with Gasteiger partial charge >= 0.3 is 5.97 Å². The fourth-order valence-electron chi connectivity index (χ4n) is 4.11. The molecule has 1 heterocycles. The molecule has 4 nitrogen and oxygen atoms in total. The Morgan fingerprint density at radius 1 is 1.00 bits per heavy atom. The van der Waals surface area contributed by atoms with E-state index in [-0.39, 0.29) is 12.2 Å². The second kappa shape index (κ2) is 10.9. The normalized spacial score (nSPS) is 28.9. The predicted octanol–water partition coefficient (Wildman–Crippen LogP) is 5.27. The summed E-state index contributed by atoms with van der Waals surface area (Å²) in [5.41, 5.74) is 0. The molecule has 4 heteroatoms. The Labute approximate surface area is 146 Å². The Kier molecular flexibility index (Phi) is 8.82. The first-order valence-electron chi connectivity index (χ1n) is 9.91. The van der Waals surface area contributed by atoms with Gasteiger partial charge in [-0.3, -0.25) is 4.79 Å². The second-order valence-corrected chi connectivity index (χ2v) is 7.38. The molecule has 4 atom stereocenters. The van der Waals surface area contributed by atoms with Gasteiger partial charge in [-0.05, 0) is 43.9 Å². The zero-order chi connectivity index (χ0) is 17.2. The molecule has 0 aromatic carbocycles. The fourth-order valence-corrected chi connectivity index (χ4v) is 4.11. The molecular formula is C20H34O4. The SMILES string of the molecule is CCCCCC=CC[C@@H]1[C@H](CCCCCCC(=O)O)[C@H]2C[C@H]1OO2. The van der Waals surface area contributed by atoms with E-state index in [1.165, 1.54) is 38.5 Å². The topological polar surface area (TPSA) is 55.8 Å². The van der Waals surface area contributed by atoms with Crippen molar-refractivity contribution in [1.82, 2.24) is 0 Å². The molecule has 0 spiro atoms. The average molecular weight is 338 g/mol. The van der Waals surface area contributed by atoms with Crippen molar-refractivity contribution < 1.29 is 19.7 Å². The lowest BCUT2D eigenvalue weighted by Crippen LogP contribution is -2.29. The highest BCUT2D eigenvalue weighted by Crippen LogP contribution is 2.46. The van der Waals surface area contributed by atoms with Crippen LogP contribution in [0.3, 0.4) is 0 Å². The van der Waals surface area contributed by atoms with E-state index in [2.05, 4.69) is 19.1 Å². The molecule has 0 unspecified atom stereocenters. The minimum Gasteiger partial charge on any atom is -0.481 e. The standard InChI is InChI=1S/C20H34O4/c1-2-3-4-5-6-9-12-16-17(19-15-18(16)23-24-19)13-10-7-8-11-14-20(21)22/h6,9,16-19H,2-5,7-8,10-15H2,1H3,(H,21,22)/t16-,17+,18-,19-/m1/s1. The van der Waals surface area contributed by atoms with Gasteiger partial charge in [0.15, 0.2) is 0 Å². The largest absolute Gasteiger partial charge is 0.481 e. The van der Waals surface area contributed by atoms with Crippen molar-refractivity contribution in [3.63, 3.8) is 0 Å². The lowest BCUT2D eigenvalue weighted by Gasteiger charge is -2.29. The van der Waals surface area contributed by atoms with Crippen LogP contribution in [-0.2, 0) is 14.6 Å². The van der Waals surface area contributed by atoms with Crippen LogP contribution in [0.2, 0.25) is 0 Å². The molecule has 2 fully saturated rings. The van der Waals surface area contributed by atoms with Crippen molar-refractivity contribution in [1.29, 1.82) is 0 Å². The number of carboxylic acid groups (broad SMARTS) is 1. The minimum atomic E-state index is -0.681. The van der Waals surface area contributed by atoms with Crippen LogP contribution in [0.4, 0.5) is 0 Å². The lowest BCUT2D eigenvalue weighted by molar-refractivity contribution is -0.341. The van der Waals surface area contributed by atoms with Crippen molar-refractivity contribution in [2.75, 3.05) is 0 Å². The third-order valence-corrected chi connectivity index (χ3v) is 5.50. The van der Waals surface area contributed by atoms with Crippen molar-refractivity contribution in [2.45, 2.75) is 96.2 Å². The Morgan fingerprint density at radius 3 is 2.50 bits per heavy atom. The average Bonchev–Trinajstić information content (AvgIpc) is 3.15. The van der Waals surface area contributed by atoms with Crippen LogP contribution < -0.4 is 0 Å². The highest BCUT2D eigenvalue weighted by Gasteiger charge is 2.49. The number of aliphatic carboxylic acids is 1. The van der Waals surface area contributed by atoms with Crippen molar-refractivity contribution in [3.8, 4) is 0 Å². The highest BCUT2D eigenvalue weighted by atomic mass is 17.2. The maximum Gasteiger partial charge on any atom is 0.303 e. The number of hydrogen-bond acceptors (Lipinski definition) is 3. The summed E-state index contributed by atoms with van der Waals surface area (Å²) in [5, 5.41) is 8.66. The number of rotatable bonds is 13. The Hall–Kier alpha value is -0.870. The molecule has 0 amide bonds. The highest BCUT2D eigenvalue weighted by molar-refractivity contribution is 5.66. The van der Waals surface area contributed by atoms with Crippen LogP contribution in [0.15, 0.2) is 12.2 Å². The van der Waals surface area contributed by atoms with Crippen LogP contribution in [0.1, 0.15) is 84.0 Å². The smallest absolute Gasteiger partial charge is 0.303 e. The van der Waals surface area contributed by atoms with Gasteiger partial charge < -0.3 is 5.11 Å². The first-order chi connectivity index (χ1) is 11.7. The van der Waals surface area contributed by atoms with Gasteiger partial charge in [0.2, 0.25) is 0 Å². The van der Waals surface area contributed by atoms with E-state index in [1.807, 2.05) is 0 Å². The molecule has 1 saturated carbocycles. The van der Waals surface area contributed by atoms with Gasteiger partial charge in [0.05, 0.1) is 12.2 Å². The fraction of sp³-hybridized carbons (Fsp3) is 0.850. The summed E-state index contributed by atoms with van der Waals surface area (Å²) in [6.07, 6.45) is 18.1. The molecule has 2 bridgehead atoms. The van der Waals surface area contributed by atoms with E-state index < -0.39 is 5.97 Å². The summed E-state index contributed by atoms with van der Waals surface area (Å²) in [4.78, 5) is 21.4. The summed E-state index contributed by atoms with van der Waals surface area (Å²) < 4.78 is 0. The van der Waals surface area contributed by atoms with Crippen LogP contribution in [0.25, 0.3) is 0 Å². The van der Waals surface area contributed by atoms with Gasteiger partial charge in [0.1, 0.15) is 0 Å². The quantitative estimate of drug-likeness (QED) is 0.282. The molecule has 1 saturated heterocycles. The molecule has 1 aliphatic heterocycles. The van der Waals surface area contributed by atoms with Crippen LogP contribution in [0, 0.1) is 11.8 Å². The van der Waals surface area contributed by atoms with Gasteiger partial charge in [-0.1, -0.05) is 51.2 Å². The number of unbranched alkanes of at least 4 members (excludes halogenated alkanes) is 6. The first-order valence-corrected chi connectivity index (χ1v) is 9.91. The molecule has 2 aliphatic rings. The number of carboxylic acids is 1. The van der Waals surface area contributed by atoms with E-state index in [9.17, 15) is 4.79 Å². The van der Waals surface area contributed by atoms with Gasteiger partial charge in [-0.2, -0.15) is 0 Å². The third kappa shape index (κ3) is 6.21. The van der Waals surface area contributed by atoms with Crippen molar-refractivity contribution in [3.05, 3.63) is 12.2 Å².